The van der Waals surface area contributed by atoms with Crippen LogP contribution in [0.4, 0.5) is 0 Å². The summed E-state index contributed by atoms with van der Waals surface area (Å²) in [6.45, 7) is 0. The summed E-state index contributed by atoms with van der Waals surface area (Å²) in [5.74, 6) is -0.371. The van der Waals surface area contributed by atoms with E-state index in [9.17, 15) is 14.7 Å². The summed E-state index contributed by atoms with van der Waals surface area (Å²) in [7, 11) is 0. The number of nitrogens with one attached hydrogen (secondary N) is 2. The van der Waals surface area contributed by atoms with Crippen molar-refractivity contribution in [3.05, 3.63) is 66.1 Å². The normalized spacial score (nSPS) is 10.5. The monoisotopic (exact) mass is 324 g/mol. The fourth-order valence-electron chi connectivity index (χ4n) is 2.36. The maximum Gasteiger partial charge on any atom is 0.273 e. The lowest BCUT2D eigenvalue weighted by atomic mass is 10.1. The second-order valence-corrected chi connectivity index (χ2v) is 5.30. The van der Waals surface area contributed by atoms with Crippen LogP contribution in [0.1, 0.15) is 22.5 Å². The van der Waals surface area contributed by atoms with E-state index >= 15 is 0 Å². The summed E-state index contributed by atoms with van der Waals surface area (Å²) >= 11 is 0. The maximum absolute atomic E-state index is 12.1. The third-order valence-electron chi connectivity index (χ3n) is 3.60. The Balaban J connectivity index is 1.60. The molecule has 0 aliphatic carbocycles. The average Bonchev–Trinajstić information content (AvgIpc) is 3.10. The van der Waals surface area contributed by atoms with Crippen LogP contribution in [0.3, 0.4) is 0 Å². The van der Waals surface area contributed by atoms with E-state index in [0.29, 0.717) is 12.2 Å². The first-order chi connectivity index (χ1) is 11.6. The van der Waals surface area contributed by atoms with Gasteiger partial charge in [-0.3, -0.25) is 20.4 Å². The molecule has 122 valence electrons. The highest BCUT2D eigenvalue weighted by atomic mass is 16.3. The Labute approximate surface area is 138 Å². The number of furan rings is 1. The molecule has 1 aromatic heterocycles. The summed E-state index contributed by atoms with van der Waals surface area (Å²) in [6, 6.07) is 14.0. The molecular weight excluding hydrogens is 308 g/mol. The zero-order valence-corrected chi connectivity index (χ0v) is 12.8. The highest BCUT2D eigenvalue weighted by molar-refractivity contribution is 6.02. The summed E-state index contributed by atoms with van der Waals surface area (Å²) in [5.41, 5.74) is 4.73. The fraction of sp³-hybridized carbons (Fsp3) is 0.111. The van der Waals surface area contributed by atoms with Gasteiger partial charge in [0.25, 0.3) is 5.91 Å². The summed E-state index contributed by atoms with van der Waals surface area (Å²) in [6.07, 6.45) is 2.16. The van der Waals surface area contributed by atoms with Gasteiger partial charge in [-0.2, -0.15) is 0 Å². The SMILES string of the molecule is O=C(CCc1ccco1)NNC(=O)c1cc2ccccc2cc1O. The zero-order valence-electron chi connectivity index (χ0n) is 12.8. The van der Waals surface area contributed by atoms with Gasteiger partial charge in [0.15, 0.2) is 0 Å². The van der Waals surface area contributed by atoms with Crippen molar-refractivity contribution in [1.29, 1.82) is 0 Å². The first kappa shape index (κ1) is 15.6. The van der Waals surface area contributed by atoms with Crippen molar-refractivity contribution in [1.82, 2.24) is 10.9 Å². The molecule has 2 aromatic carbocycles. The number of phenolic OH excluding ortho intramolecular Hbond substituents is 1. The number of aryl methyl sites for hydroxylation is 1. The molecule has 0 atom stereocenters. The van der Waals surface area contributed by atoms with Crippen molar-refractivity contribution in [3.63, 3.8) is 0 Å². The number of rotatable bonds is 4. The smallest absolute Gasteiger partial charge is 0.273 e. The molecule has 0 bridgehead atoms. The molecule has 3 N–H and O–H groups in total. The van der Waals surface area contributed by atoms with Crippen molar-refractivity contribution in [2.75, 3.05) is 0 Å². The molecule has 6 nitrogen and oxygen atoms in total. The van der Waals surface area contributed by atoms with Crippen LogP contribution in [0, 0.1) is 0 Å². The van der Waals surface area contributed by atoms with Crippen LogP contribution in [-0.2, 0) is 11.2 Å². The standard InChI is InChI=1S/C18H16N2O4/c21-16-11-13-5-2-1-4-12(13)10-15(16)18(23)20-19-17(22)8-7-14-6-3-9-24-14/h1-6,9-11,21H,7-8H2,(H,19,22)(H,20,23). The molecule has 0 saturated carbocycles. The summed E-state index contributed by atoms with van der Waals surface area (Å²) in [5, 5.41) is 11.6. The van der Waals surface area contributed by atoms with E-state index < -0.39 is 5.91 Å². The topological polar surface area (TPSA) is 91.6 Å². The lowest BCUT2D eigenvalue weighted by Gasteiger charge is -2.09. The van der Waals surface area contributed by atoms with E-state index in [4.69, 9.17) is 4.42 Å². The Morgan fingerprint density at radius 1 is 1.00 bits per heavy atom. The Kier molecular flexibility index (Phi) is 4.47. The predicted octanol–water partition coefficient (Wildman–Crippen LogP) is 2.53. The van der Waals surface area contributed by atoms with Gasteiger partial charge in [-0.15, -0.1) is 0 Å². The Bertz CT molecular complexity index is 872. The third-order valence-corrected chi connectivity index (χ3v) is 3.60. The number of fused-ring (bicyclic) bond motifs is 1. The second-order valence-electron chi connectivity index (χ2n) is 5.30. The first-order valence-electron chi connectivity index (χ1n) is 7.47. The number of phenols is 1. The number of carbonyl (C=O) groups is 2. The van der Waals surface area contributed by atoms with Gasteiger partial charge in [0.1, 0.15) is 11.5 Å². The molecule has 2 amide bonds. The molecular formula is C18H16N2O4. The van der Waals surface area contributed by atoms with Crippen LogP contribution >= 0.6 is 0 Å². The van der Waals surface area contributed by atoms with Gasteiger partial charge in [0.05, 0.1) is 11.8 Å². The minimum atomic E-state index is -0.579. The Morgan fingerprint density at radius 2 is 1.75 bits per heavy atom. The first-order valence-corrected chi connectivity index (χ1v) is 7.47. The lowest BCUT2D eigenvalue weighted by Crippen LogP contribution is -2.41. The van der Waals surface area contributed by atoms with Crippen molar-refractivity contribution in [2.24, 2.45) is 0 Å². The largest absolute Gasteiger partial charge is 0.507 e. The van der Waals surface area contributed by atoms with E-state index in [1.807, 2.05) is 24.3 Å². The van der Waals surface area contributed by atoms with Crippen LogP contribution in [0.2, 0.25) is 0 Å². The van der Waals surface area contributed by atoms with Gasteiger partial charge in [-0.25, -0.2) is 0 Å². The molecule has 6 heteroatoms. The molecule has 3 rings (SSSR count). The van der Waals surface area contributed by atoms with Gasteiger partial charge in [0.2, 0.25) is 5.91 Å². The Morgan fingerprint density at radius 3 is 2.46 bits per heavy atom. The van der Waals surface area contributed by atoms with E-state index in [1.54, 1.807) is 18.2 Å². The van der Waals surface area contributed by atoms with Crippen LogP contribution < -0.4 is 10.9 Å². The van der Waals surface area contributed by atoms with Gasteiger partial charge in [-0.05, 0) is 35.0 Å². The lowest BCUT2D eigenvalue weighted by molar-refractivity contribution is -0.121. The highest BCUT2D eigenvalue weighted by Gasteiger charge is 2.13. The molecule has 24 heavy (non-hydrogen) atoms. The van der Waals surface area contributed by atoms with Crippen molar-refractivity contribution >= 4 is 22.6 Å². The average molecular weight is 324 g/mol. The van der Waals surface area contributed by atoms with E-state index in [-0.39, 0.29) is 23.6 Å². The second kappa shape index (κ2) is 6.87. The van der Waals surface area contributed by atoms with Gasteiger partial charge in [0, 0.05) is 12.8 Å². The number of benzene rings is 2. The van der Waals surface area contributed by atoms with Crippen molar-refractivity contribution < 1.29 is 19.1 Å². The van der Waals surface area contributed by atoms with Gasteiger partial charge >= 0.3 is 0 Å². The van der Waals surface area contributed by atoms with E-state index in [2.05, 4.69) is 10.9 Å². The molecule has 3 aromatic rings. The molecule has 0 radical (unpaired) electrons. The maximum atomic E-state index is 12.1. The molecule has 0 fully saturated rings. The zero-order chi connectivity index (χ0) is 16.9. The van der Waals surface area contributed by atoms with Crippen LogP contribution in [0.15, 0.2) is 59.2 Å². The van der Waals surface area contributed by atoms with Crippen molar-refractivity contribution in [2.45, 2.75) is 12.8 Å². The number of hydrogen-bond donors (Lipinski definition) is 3. The summed E-state index contributed by atoms with van der Waals surface area (Å²) in [4.78, 5) is 23.9. The molecule has 0 unspecified atom stereocenters. The number of hydrogen-bond acceptors (Lipinski definition) is 4. The number of carbonyl (C=O) groups excluding carboxylic acids is 2. The quantitative estimate of drug-likeness (QED) is 0.643. The minimum absolute atomic E-state index is 0.0973. The van der Waals surface area contributed by atoms with Crippen LogP contribution in [0.5, 0.6) is 5.75 Å². The summed E-state index contributed by atoms with van der Waals surface area (Å²) < 4.78 is 5.14. The minimum Gasteiger partial charge on any atom is -0.507 e. The third kappa shape index (κ3) is 3.55. The molecule has 0 spiro atoms. The van der Waals surface area contributed by atoms with E-state index in [0.717, 1.165) is 10.8 Å². The van der Waals surface area contributed by atoms with Gasteiger partial charge < -0.3 is 9.52 Å². The van der Waals surface area contributed by atoms with Crippen LogP contribution in [-0.4, -0.2) is 16.9 Å². The van der Waals surface area contributed by atoms with E-state index in [1.165, 1.54) is 12.3 Å². The molecule has 0 saturated heterocycles. The predicted molar refractivity (Wildman–Crippen MR) is 88.3 cm³/mol. The fourth-order valence-corrected chi connectivity index (χ4v) is 2.36. The van der Waals surface area contributed by atoms with Crippen LogP contribution in [0.25, 0.3) is 10.8 Å². The number of hydrazine groups is 1. The van der Waals surface area contributed by atoms with Gasteiger partial charge in [-0.1, -0.05) is 24.3 Å². The van der Waals surface area contributed by atoms with Crippen molar-refractivity contribution in [3.8, 4) is 5.75 Å². The molecule has 0 aliphatic rings. The highest BCUT2D eigenvalue weighted by Crippen LogP contribution is 2.24. The molecule has 0 aliphatic heterocycles. The molecule has 1 heterocycles. The number of amides is 2. The number of aromatic hydroxyl groups is 1. The Hall–Kier alpha value is -3.28.